The minimum absolute atomic E-state index is 0.339. The number of carbonyl (C=O) groups is 1. The maximum absolute atomic E-state index is 11.2. The number of aliphatic carboxylic acids is 1. The van der Waals surface area contributed by atoms with Gasteiger partial charge in [0, 0.05) is 30.0 Å². The Morgan fingerprint density at radius 2 is 1.77 bits per heavy atom. The van der Waals surface area contributed by atoms with Crippen LogP contribution in [0.1, 0.15) is 23.7 Å². The molecule has 0 aliphatic rings. The van der Waals surface area contributed by atoms with Crippen molar-refractivity contribution in [1.29, 1.82) is 0 Å². The van der Waals surface area contributed by atoms with Gasteiger partial charge in [-0.3, -0.25) is 0 Å². The smallest absolute Gasteiger partial charge is 0.333 e. The molecule has 0 bridgehead atoms. The van der Waals surface area contributed by atoms with Crippen molar-refractivity contribution < 1.29 is 19.4 Å². The summed E-state index contributed by atoms with van der Waals surface area (Å²) in [6.07, 6.45) is -0.482. The van der Waals surface area contributed by atoms with Crippen LogP contribution in [0.2, 0.25) is 0 Å². The molecule has 5 nitrogen and oxygen atoms in total. The van der Waals surface area contributed by atoms with Crippen molar-refractivity contribution in [2.45, 2.75) is 39.8 Å². The van der Waals surface area contributed by atoms with E-state index >= 15 is 0 Å². The number of aryl methyl sites for hydroxylation is 2. The fourth-order valence-electron chi connectivity index (χ4n) is 3.57. The molecule has 1 aromatic heterocycles. The third kappa shape index (κ3) is 5.30. The Labute approximate surface area is 177 Å². The van der Waals surface area contributed by atoms with Gasteiger partial charge in [0.05, 0.1) is 6.54 Å². The number of hydrogen-bond acceptors (Lipinski definition) is 3. The molecule has 3 rings (SSSR count). The normalized spacial score (nSPS) is 12.0. The molecule has 1 heterocycles. The molecule has 0 amide bonds. The van der Waals surface area contributed by atoms with Gasteiger partial charge >= 0.3 is 5.97 Å². The monoisotopic (exact) mass is 407 g/mol. The number of nitrogens with zero attached hydrogens (tertiary/aromatic N) is 1. The fourth-order valence-corrected chi connectivity index (χ4v) is 3.57. The topological polar surface area (TPSA) is 60.7 Å². The molecule has 2 aromatic carbocycles. The lowest BCUT2D eigenvalue weighted by molar-refractivity contribution is -0.149. The van der Waals surface area contributed by atoms with Crippen LogP contribution in [0.3, 0.4) is 0 Å². The molecule has 0 fully saturated rings. The minimum atomic E-state index is -0.941. The lowest BCUT2D eigenvalue weighted by Gasteiger charge is -2.15. The van der Waals surface area contributed by atoms with Gasteiger partial charge in [0.1, 0.15) is 12.4 Å². The number of aromatic nitrogens is 1. The molecule has 5 heteroatoms. The van der Waals surface area contributed by atoms with Crippen molar-refractivity contribution in [3.63, 3.8) is 0 Å². The second kappa shape index (κ2) is 10.1. The summed E-state index contributed by atoms with van der Waals surface area (Å²) < 4.78 is 13.5. The van der Waals surface area contributed by atoms with Crippen LogP contribution in [0.25, 0.3) is 11.3 Å². The molecule has 0 saturated heterocycles. The van der Waals surface area contributed by atoms with Crippen LogP contribution in [-0.2, 0) is 22.5 Å². The molecule has 3 aromatic rings. The molecule has 0 radical (unpaired) electrons. The summed E-state index contributed by atoms with van der Waals surface area (Å²) in [6, 6.07) is 20.2. The highest BCUT2D eigenvalue weighted by Crippen LogP contribution is 2.25. The molecule has 1 atom stereocenters. The van der Waals surface area contributed by atoms with Crippen LogP contribution in [0, 0.1) is 13.8 Å². The summed E-state index contributed by atoms with van der Waals surface area (Å²) >= 11 is 0. The van der Waals surface area contributed by atoms with E-state index in [0.717, 1.165) is 17.9 Å². The summed E-state index contributed by atoms with van der Waals surface area (Å²) in [6.45, 7) is 7.69. The molecule has 0 spiro atoms. The average molecular weight is 408 g/mol. The van der Waals surface area contributed by atoms with Crippen LogP contribution in [0.5, 0.6) is 5.75 Å². The Kier molecular flexibility index (Phi) is 7.31. The molecule has 0 aliphatic heterocycles. The Hall–Kier alpha value is -3.05. The van der Waals surface area contributed by atoms with Gasteiger partial charge in [0.15, 0.2) is 6.10 Å². The number of rotatable bonds is 10. The van der Waals surface area contributed by atoms with E-state index in [9.17, 15) is 9.90 Å². The van der Waals surface area contributed by atoms with Gasteiger partial charge in [-0.25, -0.2) is 4.79 Å². The highest BCUT2D eigenvalue weighted by molar-refractivity contribution is 5.72. The number of carboxylic acids is 1. The van der Waals surface area contributed by atoms with Gasteiger partial charge in [0.2, 0.25) is 0 Å². The molecule has 30 heavy (non-hydrogen) atoms. The van der Waals surface area contributed by atoms with Crippen molar-refractivity contribution in [2.24, 2.45) is 0 Å². The number of hydrogen-bond donors (Lipinski definition) is 1. The zero-order chi connectivity index (χ0) is 21.5. The first-order valence-corrected chi connectivity index (χ1v) is 10.3. The second-order valence-electron chi connectivity index (χ2n) is 7.31. The zero-order valence-electron chi connectivity index (χ0n) is 17.8. The van der Waals surface area contributed by atoms with Crippen LogP contribution in [-0.4, -0.2) is 35.0 Å². The van der Waals surface area contributed by atoms with Crippen molar-refractivity contribution in [3.8, 4) is 17.0 Å². The van der Waals surface area contributed by atoms with Gasteiger partial charge in [-0.1, -0.05) is 36.4 Å². The van der Waals surface area contributed by atoms with Crippen molar-refractivity contribution in [3.05, 3.63) is 77.5 Å². The average Bonchev–Trinajstić information content (AvgIpc) is 3.09. The minimum Gasteiger partial charge on any atom is -0.492 e. The molecule has 1 unspecified atom stereocenters. The van der Waals surface area contributed by atoms with Crippen LogP contribution >= 0.6 is 0 Å². The van der Waals surface area contributed by atoms with E-state index in [-0.39, 0.29) is 0 Å². The summed E-state index contributed by atoms with van der Waals surface area (Å²) in [5.74, 6) is -0.173. The first-order chi connectivity index (χ1) is 14.5. The molecule has 1 N–H and O–H groups in total. The van der Waals surface area contributed by atoms with E-state index in [2.05, 4.69) is 54.8 Å². The molecular weight excluding hydrogens is 378 g/mol. The summed E-state index contributed by atoms with van der Waals surface area (Å²) in [5.41, 5.74) is 5.78. The quantitative estimate of drug-likeness (QED) is 0.520. The van der Waals surface area contributed by atoms with E-state index < -0.39 is 12.1 Å². The van der Waals surface area contributed by atoms with Gasteiger partial charge in [-0.15, -0.1) is 0 Å². The Morgan fingerprint density at radius 3 is 2.43 bits per heavy atom. The van der Waals surface area contributed by atoms with Crippen LogP contribution in [0.15, 0.2) is 60.7 Å². The zero-order valence-corrected chi connectivity index (χ0v) is 17.8. The number of benzene rings is 2. The molecule has 158 valence electrons. The van der Waals surface area contributed by atoms with Crippen molar-refractivity contribution >= 4 is 5.97 Å². The van der Waals surface area contributed by atoms with Crippen molar-refractivity contribution in [1.82, 2.24) is 4.57 Å². The van der Waals surface area contributed by atoms with E-state index in [1.54, 1.807) is 6.92 Å². The standard InChI is InChI=1S/C25H29NO4/c1-4-29-24(25(27)28)17-20-10-12-21(13-11-20)30-16-15-26-19(3)9-14-23(26)22-8-6-5-7-18(22)2/h5-14,24H,4,15-17H2,1-3H3,(H,27,28). The maximum Gasteiger partial charge on any atom is 0.333 e. The van der Waals surface area contributed by atoms with E-state index in [0.29, 0.717) is 19.6 Å². The Morgan fingerprint density at radius 1 is 1.03 bits per heavy atom. The Bertz CT molecular complexity index is 975. The highest BCUT2D eigenvalue weighted by Gasteiger charge is 2.17. The predicted molar refractivity (Wildman–Crippen MR) is 118 cm³/mol. The van der Waals surface area contributed by atoms with E-state index in [4.69, 9.17) is 9.47 Å². The van der Waals surface area contributed by atoms with Crippen LogP contribution < -0.4 is 4.74 Å². The van der Waals surface area contributed by atoms with Crippen molar-refractivity contribution in [2.75, 3.05) is 13.2 Å². The van der Waals surface area contributed by atoms with E-state index in [1.807, 2.05) is 24.3 Å². The summed E-state index contributed by atoms with van der Waals surface area (Å²) in [7, 11) is 0. The number of carboxylic acid groups (broad SMARTS) is 1. The predicted octanol–water partition coefficient (Wildman–Crippen LogP) is 4.88. The van der Waals surface area contributed by atoms with Gasteiger partial charge in [-0.05, 0) is 56.2 Å². The summed E-state index contributed by atoms with van der Waals surface area (Å²) in [5, 5.41) is 9.22. The largest absolute Gasteiger partial charge is 0.492 e. The Balaban J connectivity index is 1.61. The van der Waals surface area contributed by atoms with Gasteiger partial charge in [-0.2, -0.15) is 0 Å². The van der Waals surface area contributed by atoms with E-state index in [1.165, 1.54) is 22.5 Å². The third-order valence-corrected chi connectivity index (χ3v) is 5.19. The third-order valence-electron chi connectivity index (χ3n) is 5.19. The number of ether oxygens (including phenoxy) is 2. The second-order valence-corrected chi connectivity index (χ2v) is 7.31. The van der Waals surface area contributed by atoms with Gasteiger partial charge < -0.3 is 19.1 Å². The maximum atomic E-state index is 11.2. The SMILES string of the molecule is CCOC(Cc1ccc(OCCn2c(C)ccc2-c2ccccc2C)cc1)C(=O)O. The van der Waals surface area contributed by atoms with Crippen LogP contribution in [0.4, 0.5) is 0 Å². The fraction of sp³-hybridized carbons (Fsp3) is 0.320. The lowest BCUT2D eigenvalue weighted by atomic mass is 10.1. The molecule has 0 saturated carbocycles. The summed E-state index contributed by atoms with van der Waals surface area (Å²) in [4.78, 5) is 11.2. The lowest BCUT2D eigenvalue weighted by Crippen LogP contribution is -2.26. The van der Waals surface area contributed by atoms with Gasteiger partial charge in [0.25, 0.3) is 0 Å². The highest BCUT2D eigenvalue weighted by atomic mass is 16.5. The first kappa shape index (κ1) is 21.7. The molecule has 0 aliphatic carbocycles. The first-order valence-electron chi connectivity index (χ1n) is 10.3. The molecular formula is C25H29NO4.